The minimum atomic E-state index is -0.826. The highest BCUT2D eigenvalue weighted by Crippen LogP contribution is 2.21. The lowest BCUT2D eigenvalue weighted by molar-refractivity contribution is -0.123. The van der Waals surface area contributed by atoms with Gasteiger partial charge in [-0.1, -0.05) is 0 Å². The molecule has 1 rings (SSSR count). The highest BCUT2D eigenvalue weighted by Gasteiger charge is 2.26. The molecule has 0 fully saturated rings. The molecule has 0 spiro atoms. The molecule has 0 unspecified atom stereocenters. The molecule has 0 aliphatic rings. The molecule has 0 heterocycles. The van der Waals surface area contributed by atoms with Crippen molar-refractivity contribution in [3.8, 4) is 0 Å². The van der Waals surface area contributed by atoms with Crippen LogP contribution in [0.25, 0.3) is 0 Å². The number of esters is 1. The summed E-state index contributed by atoms with van der Waals surface area (Å²) in [5.41, 5.74) is 4.73. The maximum Gasteiger partial charge on any atom is 0.337 e. The fourth-order valence-electron chi connectivity index (χ4n) is 1.25. The molecule has 0 aliphatic heterocycles. The van der Waals surface area contributed by atoms with Gasteiger partial charge in [-0.2, -0.15) is 0 Å². The quantitative estimate of drug-likeness (QED) is 0.811. The van der Waals surface area contributed by atoms with E-state index >= 15 is 0 Å². The number of rotatable bonds is 4. The van der Waals surface area contributed by atoms with Gasteiger partial charge < -0.3 is 15.8 Å². The summed E-state index contributed by atoms with van der Waals surface area (Å²) in [4.78, 5) is 23.2. The fraction of sp³-hybridized carbons (Fsp3) is 0.385. The summed E-state index contributed by atoms with van der Waals surface area (Å²) >= 11 is 0. The minimum Gasteiger partial charge on any atom is -0.465 e. The first-order valence-corrected chi connectivity index (χ1v) is 5.71. The predicted molar refractivity (Wildman–Crippen MR) is 69.2 cm³/mol. The van der Waals surface area contributed by atoms with Crippen LogP contribution >= 0.6 is 0 Å². The lowest BCUT2D eigenvalue weighted by atomic mass is 9.92. The molecule has 0 saturated carbocycles. The lowest BCUT2D eigenvalue weighted by Gasteiger charge is -2.21. The summed E-state index contributed by atoms with van der Waals surface area (Å²) in [5, 5.41) is 2.42. The van der Waals surface area contributed by atoms with E-state index in [1.165, 1.54) is 19.2 Å². The lowest BCUT2D eigenvalue weighted by Crippen LogP contribution is -2.37. The smallest absolute Gasteiger partial charge is 0.337 e. The second-order valence-electron chi connectivity index (χ2n) is 4.73. The summed E-state index contributed by atoms with van der Waals surface area (Å²) in [6, 6.07) is 3.61. The second-order valence-corrected chi connectivity index (χ2v) is 4.73. The Balaban J connectivity index is 3.01. The maximum atomic E-state index is 13.6. The molecule has 0 aromatic heterocycles. The van der Waals surface area contributed by atoms with E-state index in [-0.39, 0.29) is 17.8 Å². The van der Waals surface area contributed by atoms with Crippen molar-refractivity contribution in [2.45, 2.75) is 13.8 Å². The third-order valence-corrected chi connectivity index (χ3v) is 2.76. The normalized spacial score (nSPS) is 11.0. The number of hydrogen-bond acceptors (Lipinski definition) is 4. The van der Waals surface area contributed by atoms with Gasteiger partial charge in [-0.15, -0.1) is 0 Å². The van der Waals surface area contributed by atoms with Crippen LogP contribution in [0, 0.1) is 11.2 Å². The Bertz CT molecular complexity index is 501. The van der Waals surface area contributed by atoms with Crippen LogP contribution in [-0.4, -0.2) is 25.5 Å². The van der Waals surface area contributed by atoms with Gasteiger partial charge in [0.05, 0.1) is 23.8 Å². The van der Waals surface area contributed by atoms with Gasteiger partial charge in [0.2, 0.25) is 5.91 Å². The standard InChI is InChI=1S/C13H17FN2O3/c1-13(2,7-15)12(18)16-10-6-8(11(17)19-3)4-5-9(10)14/h4-6H,7,15H2,1-3H3,(H,16,18). The molecule has 1 amide bonds. The minimum absolute atomic E-state index is 0.0746. The molecule has 19 heavy (non-hydrogen) atoms. The number of nitrogens with two attached hydrogens (primary N) is 1. The number of carbonyl (C=O) groups excluding carboxylic acids is 2. The van der Waals surface area contributed by atoms with E-state index in [4.69, 9.17) is 5.73 Å². The highest BCUT2D eigenvalue weighted by molar-refractivity contribution is 5.97. The Hall–Kier alpha value is -1.95. The molecule has 1 aromatic rings. The van der Waals surface area contributed by atoms with Crippen molar-refractivity contribution in [3.05, 3.63) is 29.6 Å². The predicted octanol–water partition coefficient (Wildman–Crippen LogP) is 1.54. The van der Waals surface area contributed by atoms with Crippen molar-refractivity contribution in [2.24, 2.45) is 11.1 Å². The van der Waals surface area contributed by atoms with Crippen LogP contribution in [0.4, 0.5) is 10.1 Å². The average molecular weight is 268 g/mol. The van der Waals surface area contributed by atoms with Gasteiger partial charge in [0.1, 0.15) is 5.82 Å². The first-order chi connectivity index (χ1) is 8.81. The van der Waals surface area contributed by atoms with Gasteiger partial charge in [0.25, 0.3) is 0 Å². The first kappa shape index (κ1) is 15.1. The number of anilines is 1. The van der Waals surface area contributed by atoms with Crippen LogP contribution in [0.3, 0.4) is 0 Å². The van der Waals surface area contributed by atoms with Gasteiger partial charge in [0, 0.05) is 6.54 Å². The zero-order valence-electron chi connectivity index (χ0n) is 11.1. The summed E-state index contributed by atoms with van der Waals surface area (Å²) in [6.45, 7) is 3.41. The molecule has 0 aliphatic carbocycles. The number of nitrogens with one attached hydrogen (secondary N) is 1. The molecule has 3 N–H and O–H groups in total. The Labute approximate surface area is 110 Å². The van der Waals surface area contributed by atoms with Crippen molar-refractivity contribution in [1.82, 2.24) is 0 Å². The van der Waals surface area contributed by atoms with E-state index in [0.717, 1.165) is 6.07 Å². The van der Waals surface area contributed by atoms with Gasteiger partial charge in [-0.05, 0) is 32.0 Å². The van der Waals surface area contributed by atoms with Gasteiger partial charge >= 0.3 is 5.97 Å². The SMILES string of the molecule is COC(=O)c1ccc(F)c(NC(=O)C(C)(C)CN)c1. The van der Waals surface area contributed by atoms with Crippen molar-refractivity contribution >= 4 is 17.6 Å². The van der Waals surface area contributed by atoms with Crippen LogP contribution < -0.4 is 11.1 Å². The van der Waals surface area contributed by atoms with Crippen molar-refractivity contribution < 1.29 is 18.7 Å². The number of hydrogen-bond donors (Lipinski definition) is 2. The number of carbonyl (C=O) groups is 2. The van der Waals surface area contributed by atoms with Crippen LogP contribution in [0.15, 0.2) is 18.2 Å². The monoisotopic (exact) mass is 268 g/mol. The zero-order valence-corrected chi connectivity index (χ0v) is 11.1. The molecular weight excluding hydrogens is 251 g/mol. The number of ether oxygens (including phenoxy) is 1. The van der Waals surface area contributed by atoms with Gasteiger partial charge in [0.15, 0.2) is 0 Å². The summed E-state index contributed by atoms with van der Waals surface area (Å²) in [7, 11) is 1.22. The summed E-state index contributed by atoms with van der Waals surface area (Å²) < 4.78 is 18.1. The highest BCUT2D eigenvalue weighted by atomic mass is 19.1. The van der Waals surface area contributed by atoms with Crippen molar-refractivity contribution in [3.63, 3.8) is 0 Å². The molecule has 6 heteroatoms. The molecule has 104 valence electrons. The summed E-state index contributed by atoms with van der Waals surface area (Å²) in [5.74, 6) is -1.65. The molecule has 0 saturated heterocycles. The molecular formula is C13H17FN2O3. The van der Waals surface area contributed by atoms with Crippen LogP contribution in [-0.2, 0) is 9.53 Å². The average Bonchev–Trinajstić information content (AvgIpc) is 2.40. The Kier molecular flexibility index (Phi) is 4.61. The molecule has 0 bridgehead atoms. The van der Waals surface area contributed by atoms with Gasteiger partial charge in [-0.3, -0.25) is 4.79 Å². The third kappa shape index (κ3) is 3.51. The third-order valence-electron chi connectivity index (χ3n) is 2.76. The van der Waals surface area contributed by atoms with E-state index in [0.29, 0.717) is 0 Å². The number of amides is 1. The number of methoxy groups -OCH3 is 1. The van der Waals surface area contributed by atoms with Crippen molar-refractivity contribution in [2.75, 3.05) is 19.0 Å². The Morgan fingerprint density at radius 1 is 1.42 bits per heavy atom. The van der Waals surface area contributed by atoms with Gasteiger partial charge in [-0.25, -0.2) is 9.18 Å². The van der Waals surface area contributed by atoms with E-state index in [1.807, 2.05) is 0 Å². The van der Waals surface area contributed by atoms with E-state index in [9.17, 15) is 14.0 Å². The van der Waals surface area contributed by atoms with E-state index in [2.05, 4.69) is 10.1 Å². The topological polar surface area (TPSA) is 81.4 Å². The number of benzene rings is 1. The Morgan fingerprint density at radius 3 is 2.58 bits per heavy atom. The summed E-state index contributed by atoms with van der Waals surface area (Å²) in [6.07, 6.45) is 0. The molecule has 5 nitrogen and oxygen atoms in total. The van der Waals surface area contributed by atoms with Crippen LogP contribution in [0.2, 0.25) is 0 Å². The van der Waals surface area contributed by atoms with Crippen LogP contribution in [0.1, 0.15) is 24.2 Å². The van der Waals surface area contributed by atoms with E-state index in [1.54, 1.807) is 13.8 Å². The van der Waals surface area contributed by atoms with Crippen LogP contribution in [0.5, 0.6) is 0 Å². The molecule has 1 aromatic carbocycles. The zero-order chi connectivity index (χ0) is 14.6. The maximum absolute atomic E-state index is 13.6. The Morgan fingerprint density at radius 2 is 2.05 bits per heavy atom. The van der Waals surface area contributed by atoms with E-state index < -0.39 is 23.1 Å². The van der Waals surface area contributed by atoms with Crippen molar-refractivity contribution in [1.29, 1.82) is 0 Å². The largest absolute Gasteiger partial charge is 0.465 e. The second kappa shape index (κ2) is 5.79. The number of halogens is 1. The molecule has 0 atom stereocenters. The first-order valence-electron chi connectivity index (χ1n) is 5.71. The molecule has 0 radical (unpaired) electrons. The fourth-order valence-corrected chi connectivity index (χ4v) is 1.25.